The van der Waals surface area contributed by atoms with Gasteiger partial charge in [-0.25, -0.2) is 0 Å². The molecular formula is C48H25BN2O2. The molecule has 0 atom stereocenters. The number of hydrogen-bond donors (Lipinski definition) is 0. The van der Waals surface area contributed by atoms with Crippen LogP contribution in [0.25, 0.3) is 87.3 Å². The Morgan fingerprint density at radius 3 is 1.32 bits per heavy atom. The molecule has 8 aromatic carbocycles. The van der Waals surface area contributed by atoms with Gasteiger partial charge in [-0.15, -0.1) is 0 Å². The lowest BCUT2D eigenvalue weighted by atomic mass is 9.35. The highest BCUT2D eigenvalue weighted by atomic mass is 16.5. The van der Waals surface area contributed by atoms with Crippen LogP contribution in [0, 0.1) is 0 Å². The van der Waals surface area contributed by atoms with Gasteiger partial charge in [0.15, 0.2) is 0 Å². The summed E-state index contributed by atoms with van der Waals surface area (Å²) in [6.45, 7) is 0.0192. The summed E-state index contributed by atoms with van der Waals surface area (Å²) in [7, 11) is 0. The topological polar surface area (TPSA) is 27.3 Å². The van der Waals surface area contributed by atoms with Crippen molar-refractivity contribution in [2.24, 2.45) is 0 Å². The summed E-state index contributed by atoms with van der Waals surface area (Å²) in [6, 6.07) is 55.2. The molecule has 0 bridgehead atoms. The fourth-order valence-corrected chi connectivity index (χ4v) is 10.3. The average molecular weight is 673 g/mol. The van der Waals surface area contributed by atoms with E-state index in [-0.39, 0.29) is 6.71 Å². The standard InChI is InChI=1S/C48H25BN2O2/c1-5-19-37-27(11-1)29-13-9-15-31-33-25-34-32-16-10-14-30-28-12-2-6-20-38(28)51(46(30)32)48(34)43(47(33)50(37)45(29)31)26-23-41-44-42(24-26)53-40-22-8-4-18-36(40)49(44)35-17-3-7-21-39(35)52-41/h1-25H. The minimum Gasteiger partial charge on any atom is -0.458 e. The molecule has 242 valence electrons. The zero-order chi connectivity index (χ0) is 34.1. The Morgan fingerprint density at radius 1 is 0.358 bits per heavy atom. The summed E-state index contributed by atoms with van der Waals surface area (Å²) in [5, 5.41) is 10.1. The lowest BCUT2D eigenvalue weighted by Crippen LogP contribution is -2.57. The number of ether oxygens (including phenoxy) is 2. The summed E-state index contributed by atoms with van der Waals surface area (Å²) in [4.78, 5) is 0. The van der Waals surface area contributed by atoms with Crippen LogP contribution in [0.5, 0.6) is 23.0 Å². The Kier molecular flexibility index (Phi) is 4.59. The molecule has 12 aromatic rings. The predicted molar refractivity (Wildman–Crippen MR) is 219 cm³/mol. The molecule has 0 radical (unpaired) electrons. The second-order valence-corrected chi connectivity index (χ2v) is 14.8. The molecule has 0 unspecified atom stereocenters. The van der Waals surface area contributed by atoms with E-state index >= 15 is 0 Å². The molecule has 0 fully saturated rings. The van der Waals surface area contributed by atoms with Crippen molar-refractivity contribution in [1.82, 2.24) is 8.80 Å². The maximum atomic E-state index is 6.90. The van der Waals surface area contributed by atoms with Crippen molar-refractivity contribution >= 4 is 99.3 Å². The number of para-hydroxylation sites is 6. The molecule has 0 amide bonds. The van der Waals surface area contributed by atoms with Crippen molar-refractivity contribution in [3.8, 4) is 34.1 Å². The number of benzene rings is 8. The molecule has 0 saturated carbocycles. The first-order valence-corrected chi connectivity index (χ1v) is 18.3. The van der Waals surface area contributed by atoms with Gasteiger partial charge in [0.1, 0.15) is 23.0 Å². The number of hydrogen-bond acceptors (Lipinski definition) is 2. The largest absolute Gasteiger partial charge is 0.458 e. The molecule has 0 N–H and O–H groups in total. The molecule has 0 saturated heterocycles. The van der Waals surface area contributed by atoms with E-state index in [9.17, 15) is 0 Å². The Morgan fingerprint density at radius 2 is 0.792 bits per heavy atom. The normalized spacial score (nSPS) is 13.5. The smallest absolute Gasteiger partial charge is 0.260 e. The Bertz CT molecular complexity index is 3360. The van der Waals surface area contributed by atoms with Gasteiger partial charge in [0.25, 0.3) is 6.71 Å². The van der Waals surface area contributed by atoms with Crippen LogP contribution in [0.1, 0.15) is 0 Å². The van der Waals surface area contributed by atoms with Crippen molar-refractivity contribution in [2.75, 3.05) is 0 Å². The number of aromatic nitrogens is 2. The van der Waals surface area contributed by atoms with E-state index in [2.05, 4.69) is 160 Å². The van der Waals surface area contributed by atoms with Crippen LogP contribution in [0.2, 0.25) is 0 Å². The first-order chi connectivity index (χ1) is 26.3. The van der Waals surface area contributed by atoms with Crippen molar-refractivity contribution in [2.45, 2.75) is 0 Å². The summed E-state index contributed by atoms with van der Waals surface area (Å²) >= 11 is 0. The van der Waals surface area contributed by atoms with E-state index in [0.29, 0.717) is 0 Å². The zero-order valence-corrected chi connectivity index (χ0v) is 28.2. The molecule has 4 aromatic heterocycles. The second kappa shape index (κ2) is 9.08. The van der Waals surface area contributed by atoms with Gasteiger partial charge in [-0.1, -0.05) is 109 Å². The summed E-state index contributed by atoms with van der Waals surface area (Å²) in [6.07, 6.45) is 0. The van der Waals surface area contributed by atoms with Crippen molar-refractivity contribution in [3.63, 3.8) is 0 Å². The van der Waals surface area contributed by atoms with Crippen LogP contribution in [-0.2, 0) is 0 Å². The predicted octanol–water partition coefficient (Wildman–Crippen LogP) is 10.4. The fourth-order valence-electron chi connectivity index (χ4n) is 10.3. The van der Waals surface area contributed by atoms with Crippen LogP contribution in [-0.4, -0.2) is 15.5 Å². The van der Waals surface area contributed by atoms with Crippen molar-refractivity contribution in [1.29, 1.82) is 0 Å². The van der Waals surface area contributed by atoms with Crippen molar-refractivity contribution < 1.29 is 9.47 Å². The minimum absolute atomic E-state index is 0.0192. The maximum absolute atomic E-state index is 6.90. The quantitative estimate of drug-likeness (QED) is 0.162. The van der Waals surface area contributed by atoms with E-state index in [1.54, 1.807) is 0 Å². The van der Waals surface area contributed by atoms with Crippen molar-refractivity contribution in [3.05, 3.63) is 152 Å². The summed E-state index contributed by atoms with van der Waals surface area (Å²) in [5.74, 6) is 3.48. The van der Waals surface area contributed by atoms with Gasteiger partial charge >= 0.3 is 0 Å². The number of fused-ring (bicyclic) bond motifs is 16. The van der Waals surface area contributed by atoms with Gasteiger partial charge in [0, 0.05) is 54.1 Å². The van der Waals surface area contributed by atoms with Gasteiger partial charge in [0.05, 0.1) is 33.1 Å². The highest BCUT2D eigenvalue weighted by molar-refractivity contribution is 6.98. The van der Waals surface area contributed by atoms with Crippen LogP contribution in [0.3, 0.4) is 0 Å². The summed E-state index contributed by atoms with van der Waals surface area (Å²) in [5.41, 5.74) is 13.0. The molecule has 6 heterocycles. The third-order valence-corrected chi connectivity index (χ3v) is 12.3. The lowest BCUT2D eigenvalue weighted by Gasteiger charge is -2.33. The highest BCUT2D eigenvalue weighted by Gasteiger charge is 2.40. The highest BCUT2D eigenvalue weighted by Crippen LogP contribution is 2.50. The Labute approximate surface area is 302 Å². The molecule has 2 aliphatic rings. The molecule has 5 heteroatoms. The minimum atomic E-state index is 0.0192. The maximum Gasteiger partial charge on any atom is 0.260 e. The molecule has 2 aliphatic heterocycles. The first-order valence-electron chi connectivity index (χ1n) is 18.3. The summed E-state index contributed by atoms with van der Waals surface area (Å²) < 4.78 is 18.8. The Balaban J connectivity index is 1.23. The molecule has 0 spiro atoms. The fraction of sp³-hybridized carbons (Fsp3) is 0. The van der Waals surface area contributed by atoms with Crippen LogP contribution in [0.15, 0.2) is 152 Å². The molecule has 0 aliphatic carbocycles. The molecule has 14 rings (SSSR count). The number of rotatable bonds is 1. The van der Waals surface area contributed by atoms with Gasteiger partial charge < -0.3 is 18.3 Å². The van der Waals surface area contributed by atoms with E-state index in [0.717, 1.165) is 34.0 Å². The monoisotopic (exact) mass is 672 g/mol. The van der Waals surface area contributed by atoms with Crippen LogP contribution < -0.4 is 25.9 Å². The van der Waals surface area contributed by atoms with Crippen LogP contribution in [0.4, 0.5) is 0 Å². The van der Waals surface area contributed by atoms with E-state index in [1.165, 1.54) is 92.7 Å². The van der Waals surface area contributed by atoms with Gasteiger partial charge in [0.2, 0.25) is 0 Å². The van der Waals surface area contributed by atoms with E-state index < -0.39 is 0 Å². The van der Waals surface area contributed by atoms with Gasteiger partial charge in [-0.3, -0.25) is 0 Å². The molecular weight excluding hydrogens is 647 g/mol. The first kappa shape index (κ1) is 26.8. The molecule has 53 heavy (non-hydrogen) atoms. The number of nitrogens with zero attached hydrogens (tertiary/aromatic N) is 2. The van der Waals surface area contributed by atoms with Gasteiger partial charge in [-0.2, -0.15) is 0 Å². The van der Waals surface area contributed by atoms with E-state index in [4.69, 9.17) is 9.47 Å². The lowest BCUT2D eigenvalue weighted by molar-refractivity contribution is 0.465. The average Bonchev–Trinajstić information content (AvgIpc) is 3.93. The SMILES string of the molecule is c1ccc2c(c1)Oc1cc(-c3c4c(cc5c6cccc7c8ccccc8n(c35)c76)c3cccc5c6ccccc6n4c53)cc3c1B2c1ccccc1O3. The van der Waals surface area contributed by atoms with Gasteiger partial charge in [-0.05, 0) is 59.0 Å². The zero-order valence-electron chi connectivity index (χ0n) is 28.2. The second-order valence-electron chi connectivity index (χ2n) is 14.8. The van der Waals surface area contributed by atoms with E-state index in [1.807, 2.05) is 0 Å². The molecule has 4 nitrogen and oxygen atoms in total. The Hall–Kier alpha value is -6.98. The third kappa shape index (κ3) is 3.06. The van der Waals surface area contributed by atoms with Crippen LogP contribution >= 0.6 is 0 Å². The third-order valence-electron chi connectivity index (χ3n) is 12.3.